The zero-order valence-electron chi connectivity index (χ0n) is 27.4. The van der Waals surface area contributed by atoms with E-state index >= 15 is 0 Å². The molecule has 45 heavy (non-hydrogen) atoms. The number of ether oxygens (including phenoxy) is 2. The lowest BCUT2D eigenvalue weighted by Gasteiger charge is -2.42. The molecule has 3 atom stereocenters. The van der Waals surface area contributed by atoms with Gasteiger partial charge in [-0.25, -0.2) is 4.79 Å². The van der Waals surface area contributed by atoms with Gasteiger partial charge in [-0.2, -0.15) is 0 Å². The topological polar surface area (TPSA) is 104 Å². The molecule has 5 rings (SSSR count). The van der Waals surface area contributed by atoms with Crippen molar-refractivity contribution in [2.24, 2.45) is 0 Å². The first-order chi connectivity index (χ1) is 21.4. The molecule has 1 aliphatic rings. The van der Waals surface area contributed by atoms with E-state index in [4.69, 9.17) is 9.47 Å². The van der Waals surface area contributed by atoms with E-state index in [1.165, 1.54) is 0 Å². The summed E-state index contributed by atoms with van der Waals surface area (Å²) in [5.74, 6) is -0.747. The highest BCUT2D eigenvalue weighted by atomic mass is 16.7. The Kier molecular flexibility index (Phi) is 9.37. The first-order valence-corrected chi connectivity index (χ1v) is 15.8. The molecule has 3 aromatic carbocycles. The molecule has 1 fully saturated rings. The SMILES string of the molecule is CC(C)c1cccc(C(C)C)c1NC(=O)NC(C)(Cc1c[nH]c2ccccc12)C(=O)N[C@H]1COC(C)(C)O[C@H]1c1ccccc1. The summed E-state index contributed by atoms with van der Waals surface area (Å²) in [7, 11) is 0. The Hall–Kier alpha value is -4.14. The van der Waals surface area contributed by atoms with Gasteiger partial charge in [0.25, 0.3) is 0 Å². The molecule has 1 unspecified atom stereocenters. The van der Waals surface area contributed by atoms with Gasteiger partial charge in [-0.3, -0.25) is 4.79 Å². The lowest BCUT2D eigenvalue weighted by molar-refractivity contribution is -0.285. The van der Waals surface area contributed by atoms with Crippen LogP contribution in [0.2, 0.25) is 0 Å². The number of benzene rings is 3. The first kappa shape index (κ1) is 32.3. The van der Waals surface area contributed by atoms with Crippen LogP contribution in [0.4, 0.5) is 10.5 Å². The predicted molar refractivity (Wildman–Crippen MR) is 179 cm³/mol. The Morgan fingerprint density at radius 3 is 2.24 bits per heavy atom. The van der Waals surface area contributed by atoms with Crippen LogP contribution in [-0.4, -0.2) is 40.9 Å². The molecule has 4 N–H and O–H groups in total. The van der Waals surface area contributed by atoms with Crippen LogP contribution in [0.5, 0.6) is 0 Å². The quantitative estimate of drug-likeness (QED) is 0.157. The van der Waals surface area contributed by atoms with Crippen molar-refractivity contribution in [2.45, 2.75) is 90.2 Å². The smallest absolute Gasteiger partial charge is 0.320 e. The van der Waals surface area contributed by atoms with Crippen LogP contribution in [0.3, 0.4) is 0 Å². The number of amides is 3. The van der Waals surface area contributed by atoms with Crippen molar-refractivity contribution < 1.29 is 19.1 Å². The summed E-state index contributed by atoms with van der Waals surface area (Å²) in [6.07, 6.45) is 1.73. The number of carbonyl (C=O) groups excluding carboxylic acids is 2. The second-order valence-corrected chi connectivity index (χ2v) is 13.3. The van der Waals surface area contributed by atoms with Gasteiger partial charge in [-0.05, 0) is 60.9 Å². The standard InChI is InChI=1S/C37H46N4O4/c1-23(2)27-17-13-18-28(24(3)4)32(27)40-35(43)41-37(7,20-26-21-38-30-19-12-11-16-29(26)30)34(42)39-31-22-44-36(5,6)45-33(31)25-14-9-8-10-15-25/h8-19,21,23-24,31,33,38H,20,22H2,1-7H3,(H,39,42)(H2,40,41,43)/t31-,33-,37?/m0/s1. The zero-order chi connectivity index (χ0) is 32.4. The van der Waals surface area contributed by atoms with E-state index in [1.807, 2.05) is 92.8 Å². The number of anilines is 1. The summed E-state index contributed by atoms with van der Waals surface area (Å²) in [6, 6.07) is 23.0. The third-order valence-electron chi connectivity index (χ3n) is 8.55. The molecule has 8 heteroatoms. The van der Waals surface area contributed by atoms with Crippen molar-refractivity contribution >= 4 is 28.5 Å². The van der Waals surface area contributed by atoms with Crippen LogP contribution >= 0.6 is 0 Å². The minimum Gasteiger partial charge on any atom is -0.361 e. The molecular formula is C37H46N4O4. The number of hydrogen-bond donors (Lipinski definition) is 4. The molecule has 2 heterocycles. The highest BCUT2D eigenvalue weighted by molar-refractivity contribution is 5.97. The number of urea groups is 1. The van der Waals surface area contributed by atoms with Crippen LogP contribution in [0.15, 0.2) is 79.0 Å². The number of hydrogen-bond acceptors (Lipinski definition) is 4. The van der Waals surface area contributed by atoms with E-state index in [1.54, 1.807) is 6.92 Å². The largest absolute Gasteiger partial charge is 0.361 e. The second kappa shape index (κ2) is 13.1. The van der Waals surface area contributed by atoms with Crippen LogP contribution < -0.4 is 16.0 Å². The van der Waals surface area contributed by atoms with E-state index < -0.39 is 29.5 Å². The van der Waals surface area contributed by atoms with Gasteiger partial charge in [0.15, 0.2) is 5.79 Å². The number of aromatic nitrogens is 1. The first-order valence-electron chi connectivity index (χ1n) is 15.8. The van der Waals surface area contributed by atoms with Crippen molar-refractivity contribution in [1.29, 1.82) is 0 Å². The van der Waals surface area contributed by atoms with Gasteiger partial charge >= 0.3 is 6.03 Å². The Morgan fingerprint density at radius 2 is 1.58 bits per heavy atom. The fourth-order valence-corrected chi connectivity index (χ4v) is 6.12. The zero-order valence-corrected chi connectivity index (χ0v) is 27.4. The van der Waals surface area contributed by atoms with E-state index in [2.05, 4.69) is 48.6 Å². The molecule has 0 radical (unpaired) electrons. The Bertz CT molecular complexity index is 1620. The molecule has 0 spiro atoms. The number of rotatable bonds is 9. The van der Waals surface area contributed by atoms with Gasteiger partial charge < -0.3 is 30.4 Å². The monoisotopic (exact) mass is 610 g/mol. The summed E-state index contributed by atoms with van der Waals surface area (Å²) in [6.45, 7) is 14.2. The molecule has 1 saturated heterocycles. The number of fused-ring (bicyclic) bond motifs is 1. The van der Waals surface area contributed by atoms with Crippen molar-refractivity contribution in [3.05, 3.63) is 101 Å². The number of H-pyrrole nitrogens is 1. The third-order valence-corrected chi connectivity index (χ3v) is 8.55. The summed E-state index contributed by atoms with van der Waals surface area (Å²) in [5, 5.41) is 10.4. The van der Waals surface area contributed by atoms with E-state index in [9.17, 15) is 9.59 Å². The molecule has 1 aliphatic heterocycles. The predicted octanol–water partition coefficient (Wildman–Crippen LogP) is 7.55. The third kappa shape index (κ3) is 7.24. The minimum atomic E-state index is -1.33. The fraction of sp³-hybridized carbons (Fsp3) is 0.405. The van der Waals surface area contributed by atoms with Gasteiger partial charge in [-0.15, -0.1) is 0 Å². The molecule has 0 saturated carbocycles. The van der Waals surface area contributed by atoms with Crippen molar-refractivity contribution in [2.75, 3.05) is 11.9 Å². The van der Waals surface area contributed by atoms with Crippen LogP contribution in [0, 0.1) is 0 Å². The van der Waals surface area contributed by atoms with E-state index in [-0.39, 0.29) is 30.8 Å². The maximum atomic E-state index is 14.4. The Balaban J connectivity index is 1.47. The molecule has 0 aliphatic carbocycles. The molecule has 0 bridgehead atoms. The minimum absolute atomic E-state index is 0.199. The molecule has 4 aromatic rings. The van der Waals surface area contributed by atoms with Gasteiger partial charge in [0.1, 0.15) is 11.6 Å². The van der Waals surface area contributed by atoms with Crippen LogP contribution in [-0.2, 0) is 20.7 Å². The Labute approximate surface area is 266 Å². The van der Waals surface area contributed by atoms with Gasteiger partial charge in [0, 0.05) is 29.2 Å². The number of nitrogens with one attached hydrogen (secondary N) is 4. The normalized spacial score (nSPS) is 19.3. The lowest BCUT2D eigenvalue weighted by atomic mass is 9.90. The molecule has 1 aromatic heterocycles. The summed E-state index contributed by atoms with van der Waals surface area (Å²) in [4.78, 5) is 31.6. The van der Waals surface area contributed by atoms with Gasteiger partial charge in [0.2, 0.25) is 5.91 Å². The fourth-order valence-electron chi connectivity index (χ4n) is 6.12. The molecule has 238 valence electrons. The molecule has 8 nitrogen and oxygen atoms in total. The van der Waals surface area contributed by atoms with Crippen molar-refractivity contribution in [1.82, 2.24) is 15.6 Å². The Morgan fingerprint density at radius 1 is 0.933 bits per heavy atom. The molecule has 3 amide bonds. The van der Waals surface area contributed by atoms with E-state index in [0.717, 1.165) is 38.8 Å². The number of carbonyl (C=O) groups is 2. The molecular weight excluding hydrogens is 564 g/mol. The highest BCUT2D eigenvalue weighted by Crippen LogP contribution is 2.35. The maximum Gasteiger partial charge on any atom is 0.320 e. The lowest BCUT2D eigenvalue weighted by Crippen LogP contribution is -2.63. The summed E-state index contributed by atoms with van der Waals surface area (Å²) in [5.41, 5.74) is 4.38. The van der Waals surface area contributed by atoms with Gasteiger partial charge in [-0.1, -0.05) is 94.4 Å². The van der Waals surface area contributed by atoms with Crippen LogP contribution in [0.1, 0.15) is 88.7 Å². The second-order valence-electron chi connectivity index (χ2n) is 13.3. The number of aromatic amines is 1. The van der Waals surface area contributed by atoms with Crippen molar-refractivity contribution in [3.63, 3.8) is 0 Å². The summed E-state index contributed by atoms with van der Waals surface area (Å²) >= 11 is 0. The van der Waals surface area contributed by atoms with Crippen molar-refractivity contribution in [3.8, 4) is 0 Å². The maximum absolute atomic E-state index is 14.4. The van der Waals surface area contributed by atoms with Crippen LogP contribution in [0.25, 0.3) is 10.9 Å². The van der Waals surface area contributed by atoms with Gasteiger partial charge in [0.05, 0.1) is 12.6 Å². The average Bonchev–Trinajstić information content (AvgIpc) is 3.40. The summed E-state index contributed by atoms with van der Waals surface area (Å²) < 4.78 is 12.3. The highest BCUT2D eigenvalue weighted by Gasteiger charge is 2.42. The average molecular weight is 611 g/mol. The van der Waals surface area contributed by atoms with E-state index in [0.29, 0.717) is 0 Å². The number of para-hydroxylation sites is 2.